The maximum atomic E-state index is 9.57. The summed E-state index contributed by atoms with van der Waals surface area (Å²) in [4.78, 5) is 0. The summed E-state index contributed by atoms with van der Waals surface area (Å²) >= 11 is 0. The summed E-state index contributed by atoms with van der Waals surface area (Å²) < 4.78 is 0. The van der Waals surface area contributed by atoms with E-state index >= 15 is 0 Å². The summed E-state index contributed by atoms with van der Waals surface area (Å²) in [6.45, 7) is 3.64. The van der Waals surface area contributed by atoms with Crippen LogP contribution in [0.15, 0.2) is 48.6 Å². The number of benzene rings is 1. The number of rotatable bonds is 4. The quantitative estimate of drug-likeness (QED) is 0.737. The minimum absolute atomic E-state index is 0.417. The highest BCUT2D eigenvalue weighted by Gasteiger charge is 1.99. The Morgan fingerprint density at radius 3 is 2.73 bits per heavy atom. The smallest absolute Gasteiger partial charge is 0.0770 e. The van der Waals surface area contributed by atoms with Crippen LogP contribution in [-0.4, -0.2) is 11.2 Å². The fourth-order valence-electron chi connectivity index (χ4n) is 1.17. The van der Waals surface area contributed by atoms with Crippen LogP contribution in [0.25, 0.3) is 6.08 Å². The second kappa shape index (κ2) is 5.85. The molecular formula is C14H14O. The molecule has 76 valence electrons. The lowest BCUT2D eigenvalue weighted by atomic mass is 10.1. The molecule has 0 bridgehead atoms. The molecule has 1 nitrogen and oxygen atoms in total. The highest BCUT2D eigenvalue weighted by atomic mass is 16.3. The summed E-state index contributed by atoms with van der Waals surface area (Å²) in [5.74, 6) is 2.41. The number of terminal acetylenes is 1. The fourth-order valence-corrected chi connectivity index (χ4v) is 1.17. The molecule has 0 spiro atoms. The zero-order chi connectivity index (χ0) is 11.1. The molecule has 0 aliphatic carbocycles. The summed E-state index contributed by atoms with van der Waals surface area (Å²) in [5.41, 5.74) is 1.67. The van der Waals surface area contributed by atoms with Crippen molar-refractivity contribution < 1.29 is 5.11 Å². The van der Waals surface area contributed by atoms with E-state index in [1.165, 1.54) is 0 Å². The van der Waals surface area contributed by atoms with Crippen molar-refractivity contribution in [1.82, 2.24) is 0 Å². The molecule has 1 rings (SSSR count). The molecule has 0 aliphatic heterocycles. The molecule has 0 radical (unpaired) electrons. The molecule has 1 aromatic carbocycles. The third-order valence-electron chi connectivity index (χ3n) is 1.97. The van der Waals surface area contributed by atoms with Crippen molar-refractivity contribution in [2.24, 2.45) is 0 Å². The molecule has 0 saturated carbocycles. The first-order valence-corrected chi connectivity index (χ1v) is 4.78. The third kappa shape index (κ3) is 4.30. The topological polar surface area (TPSA) is 20.2 Å². The molecule has 0 fully saturated rings. The average molecular weight is 198 g/mol. The van der Waals surface area contributed by atoms with Crippen molar-refractivity contribution in [3.8, 4) is 12.3 Å². The van der Waals surface area contributed by atoms with Crippen LogP contribution < -0.4 is 0 Å². The number of aliphatic hydroxyl groups is 1. The molecule has 1 atom stereocenters. The van der Waals surface area contributed by atoms with Gasteiger partial charge in [0.1, 0.15) is 0 Å². The Balaban J connectivity index is 2.52. The van der Waals surface area contributed by atoms with Gasteiger partial charge in [0.05, 0.1) is 6.10 Å². The second-order valence-corrected chi connectivity index (χ2v) is 3.29. The van der Waals surface area contributed by atoms with Crippen molar-refractivity contribution >= 4 is 6.08 Å². The van der Waals surface area contributed by atoms with Crippen molar-refractivity contribution in [3.05, 3.63) is 54.1 Å². The largest absolute Gasteiger partial charge is 0.389 e. The maximum absolute atomic E-state index is 9.57. The molecule has 0 heterocycles. The van der Waals surface area contributed by atoms with E-state index < -0.39 is 6.10 Å². The zero-order valence-corrected chi connectivity index (χ0v) is 8.56. The van der Waals surface area contributed by atoms with Gasteiger partial charge in [-0.05, 0) is 11.1 Å². The van der Waals surface area contributed by atoms with E-state index in [1.54, 1.807) is 6.08 Å². The fraction of sp³-hybridized carbons (Fsp3) is 0.143. The monoisotopic (exact) mass is 198 g/mol. The van der Waals surface area contributed by atoms with Gasteiger partial charge in [-0.3, -0.25) is 0 Å². The van der Waals surface area contributed by atoms with Crippen LogP contribution in [0.5, 0.6) is 0 Å². The van der Waals surface area contributed by atoms with E-state index in [9.17, 15) is 5.11 Å². The Hall–Kier alpha value is -1.78. The average Bonchev–Trinajstić information content (AvgIpc) is 2.27. The van der Waals surface area contributed by atoms with E-state index in [2.05, 4.69) is 12.5 Å². The van der Waals surface area contributed by atoms with Crippen LogP contribution in [0, 0.1) is 12.3 Å². The Morgan fingerprint density at radius 1 is 1.47 bits per heavy atom. The lowest BCUT2D eigenvalue weighted by molar-refractivity contribution is 0.226. The van der Waals surface area contributed by atoms with Crippen molar-refractivity contribution in [2.45, 2.75) is 12.5 Å². The Morgan fingerprint density at radius 2 is 2.13 bits per heavy atom. The minimum Gasteiger partial charge on any atom is -0.389 e. The molecule has 1 heteroatoms. The summed E-state index contributed by atoms with van der Waals surface area (Å²) in [7, 11) is 0. The summed E-state index contributed by atoms with van der Waals surface area (Å²) in [5, 5.41) is 9.57. The Kier molecular flexibility index (Phi) is 4.40. The van der Waals surface area contributed by atoms with Crippen molar-refractivity contribution in [3.63, 3.8) is 0 Å². The second-order valence-electron chi connectivity index (χ2n) is 3.29. The van der Waals surface area contributed by atoms with E-state index in [1.807, 2.05) is 36.4 Å². The molecule has 1 N–H and O–H groups in total. The number of hydrogen-bond donors (Lipinski definition) is 1. The molecule has 0 saturated heterocycles. The third-order valence-corrected chi connectivity index (χ3v) is 1.97. The SMILES string of the molecule is C#CC(=C)C[C@@H](O)/C=C/c1ccccc1. The molecular weight excluding hydrogens is 184 g/mol. The number of hydrogen-bond acceptors (Lipinski definition) is 1. The Labute approximate surface area is 90.8 Å². The lowest BCUT2D eigenvalue weighted by Crippen LogP contribution is -2.01. The zero-order valence-electron chi connectivity index (χ0n) is 8.56. The van der Waals surface area contributed by atoms with Crippen LogP contribution in [0.4, 0.5) is 0 Å². The van der Waals surface area contributed by atoms with Gasteiger partial charge in [-0.1, -0.05) is 55.0 Å². The highest BCUT2D eigenvalue weighted by Crippen LogP contribution is 2.06. The normalized spacial score (nSPS) is 12.3. The molecule has 0 aliphatic rings. The molecule has 15 heavy (non-hydrogen) atoms. The maximum Gasteiger partial charge on any atom is 0.0770 e. The minimum atomic E-state index is -0.561. The van der Waals surface area contributed by atoms with Gasteiger partial charge in [0.2, 0.25) is 0 Å². The standard InChI is InChI=1S/C14H14O/c1-3-12(2)11-14(15)10-9-13-7-5-4-6-8-13/h1,4-10,14-15H,2,11H2/b10-9+/t14-/m0/s1. The van der Waals surface area contributed by atoms with Gasteiger partial charge in [0, 0.05) is 6.42 Å². The van der Waals surface area contributed by atoms with Crippen LogP contribution in [-0.2, 0) is 0 Å². The van der Waals surface area contributed by atoms with E-state index in [0.29, 0.717) is 12.0 Å². The highest BCUT2D eigenvalue weighted by molar-refractivity contribution is 5.49. The van der Waals surface area contributed by atoms with Gasteiger partial charge in [-0.2, -0.15) is 0 Å². The van der Waals surface area contributed by atoms with Gasteiger partial charge in [-0.25, -0.2) is 0 Å². The predicted octanol–water partition coefficient (Wildman–Crippen LogP) is 2.64. The summed E-state index contributed by atoms with van der Waals surface area (Å²) in [6.07, 6.45) is 8.59. The Bertz CT molecular complexity index is 382. The van der Waals surface area contributed by atoms with Crippen molar-refractivity contribution in [1.29, 1.82) is 0 Å². The predicted molar refractivity (Wildman–Crippen MR) is 64.1 cm³/mol. The van der Waals surface area contributed by atoms with Crippen molar-refractivity contribution in [2.75, 3.05) is 0 Å². The first-order chi connectivity index (χ1) is 7.22. The van der Waals surface area contributed by atoms with Crippen LogP contribution in [0.2, 0.25) is 0 Å². The van der Waals surface area contributed by atoms with E-state index in [-0.39, 0.29) is 0 Å². The lowest BCUT2D eigenvalue weighted by Gasteiger charge is -2.03. The van der Waals surface area contributed by atoms with E-state index in [4.69, 9.17) is 6.42 Å². The summed E-state index contributed by atoms with van der Waals surface area (Å²) in [6, 6.07) is 9.80. The van der Waals surface area contributed by atoms with Crippen LogP contribution in [0.3, 0.4) is 0 Å². The van der Waals surface area contributed by atoms with Crippen LogP contribution >= 0.6 is 0 Å². The van der Waals surface area contributed by atoms with E-state index in [0.717, 1.165) is 5.56 Å². The molecule has 0 aromatic heterocycles. The van der Waals surface area contributed by atoms with Gasteiger partial charge < -0.3 is 5.11 Å². The van der Waals surface area contributed by atoms with Gasteiger partial charge in [-0.15, -0.1) is 6.42 Å². The van der Waals surface area contributed by atoms with Gasteiger partial charge in [0.25, 0.3) is 0 Å². The van der Waals surface area contributed by atoms with Gasteiger partial charge >= 0.3 is 0 Å². The van der Waals surface area contributed by atoms with Crippen LogP contribution in [0.1, 0.15) is 12.0 Å². The molecule has 0 unspecified atom stereocenters. The molecule has 0 amide bonds. The molecule has 1 aromatic rings. The first kappa shape index (κ1) is 11.3. The first-order valence-electron chi connectivity index (χ1n) is 4.78. The number of aliphatic hydroxyl groups excluding tert-OH is 1. The van der Waals surface area contributed by atoms with Gasteiger partial charge in [0.15, 0.2) is 0 Å².